The van der Waals surface area contributed by atoms with Gasteiger partial charge in [-0.3, -0.25) is 9.59 Å². The van der Waals surface area contributed by atoms with Crippen LogP contribution in [0.25, 0.3) is 10.8 Å². The zero-order valence-corrected chi connectivity index (χ0v) is 19.2. The first kappa shape index (κ1) is 23.5. The Hall–Kier alpha value is -4.65. The van der Waals surface area contributed by atoms with Crippen molar-refractivity contribution in [3.05, 3.63) is 102 Å². The van der Waals surface area contributed by atoms with Crippen LogP contribution in [-0.2, 0) is 9.59 Å². The minimum absolute atomic E-state index is 0.103. The van der Waals surface area contributed by atoms with Crippen LogP contribution in [0.3, 0.4) is 0 Å². The molecule has 0 atom stereocenters. The maximum atomic E-state index is 12.1. The highest BCUT2D eigenvalue weighted by molar-refractivity contribution is 5.92. The molecule has 7 heteroatoms. The van der Waals surface area contributed by atoms with Crippen LogP contribution in [0.5, 0.6) is 11.5 Å². The van der Waals surface area contributed by atoms with Crippen molar-refractivity contribution in [2.45, 2.75) is 6.92 Å². The number of aryl methyl sites for hydroxylation is 1. The summed E-state index contributed by atoms with van der Waals surface area (Å²) in [6.07, 6.45) is 1.52. The number of fused-ring (bicyclic) bond motifs is 1. The van der Waals surface area contributed by atoms with Gasteiger partial charge in [0.25, 0.3) is 11.8 Å². The van der Waals surface area contributed by atoms with E-state index in [0.29, 0.717) is 11.5 Å². The third kappa shape index (κ3) is 6.68. The van der Waals surface area contributed by atoms with E-state index in [2.05, 4.69) is 15.8 Å². The summed E-state index contributed by atoms with van der Waals surface area (Å²) in [6.45, 7) is 1.68. The van der Waals surface area contributed by atoms with Crippen molar-refractivity contribution in [1.82, 2.24) is 5.43 Å². The third-order valence-corrected chi connectivity index (χ3v) is 5.18. The second-order valence-corrected chi connectivity index (χ2v) is 7.78. The first-order chi connectivity index (χ1) is 17.1. The van der Waals surface area contributed by atoms with Gasteiger partial charge in [-0.25, -0.2) is 5.43 Å². The number of hydrogen-bond donors (Lipinski definition) is 2. The van der Waals surface area contributed by atoms with E-state index < -0.39 is 0 Å². The molecule has 2 amide bonds. The molecule has 35 heavy (non-hydrogen) atoms. The lowest BCUT2D eigenvalue weighted by atomic mass is 10.1. The fourth-order valence-corrected chi connectivity index (χ4v) is 3.37. The van der Waals surface area contributed by atoms with Crippen LogP contribution < -0.4 is 20.2 Å². The number of nitrogens with one attached hydrogen (secondary N) is 2. The van der Waals surface area contributed by atoms with Gasteiger partial charge in [0, 0.05) is 11.1 Å². The smallest absolute Gasteiger partial charge is 0.277 e. The topological polar surface area (TPSA) is 89.0 Å². The molecule has 0 bridgehead atoms. The molecule has 2 N–H and O–H groups in total. The summed E-state index contributed by atoms with van der Waals surface area (Å²) in [5.74, 6) is 0.590. The van der Waals surface area contributed by atoms with Crippen LogP contribution in [0.1, 0.15) is 11.1 Å². The van der Waals surface area contributed by atoms with Gasteiger partial charge in [-0.05, 0) is 59.8 Å². The molecule has 0 fully saturated rings. The van der Waals surface area contributed by atoms with Crippen molar-refractivity contribution < 1.29 is 19.1 Å². The Morgan fingerprint density at radius 3 is 2.34 bits per heavy atom. The van der Waals surface area contributed by atoms with E-state index in [0.717, 1.165) is 27.6 Å². The molecule has 0 aliphatic heterocycles. The molecule has 0 aliphatic carbocycles. The van der Waals surface area contributed by atoms with Gasteiger partial charge in [-0.2, -0.15) is 5.10 Å². The van der Waals surface area contributed by atoms with E-state index in [-0.39, 0.29) is 25.0 Å². The van der Waals surface area contributed by atoms with Gasteiger partial charge in [0.15, 0.2) is 13.2 Å². The Morgan fingerprint density at radius 2 is 1.51 bits per heavy atom. The lowest BCUT2D eigenvalue weighted by Crippen LogP contribution is -2.24. The molecule has 0 saturated carbocycles. The summed E-state index contributed by atoms with van der Waals surface area (Å²) in [7, 11) is 0. The summed E-state index contributed by atoms with van der Waals surface area (Å²) in [6, 6.07) is 28.1. The normalized spacial score (nSPS) is 10.8. The molecule has 0 aromatic heterocycles. The molecule has 0 radical (unpaired) electrons. The number of para-hydroxylation sites is 1. The molecular formula is C28H25N3O4. The second kappa shape index (κ2) is 11.5. The van der Waals surface area contributed by atoms with Crippen LogP contribution in [0, 0.1) is 6.92 Å². The highest BCUT2D eigenvalue weighted by Gasteiger charge is 2.06. The molecule has 0 aliphatic rings. The lowest BCUT2D eigenvalue weighted by Gasteiger charge is -2.09. The molecule has 0 saturated heterocycles. The number of carbonyl (C=O) groups is 2. The average molecular weight is 468 g/mol. The molecule has 0 heterocycles. The first-order valence-corrected chi connectivity index (χ1v) is 11.1. The van der Waals surface area contributed by atoms with Crippen LogP contribution in [-0.4, -0.2) is 31.2 Å². The average Bonchev–Trinajstić information content (AvgIpc) is 2.88. The summed E-state index contributed by atoms with van der Waals surface area (Å²) >= 11 is 0. The predicted molar refractivity (Wildman–Crippen MR) is 137 cm³/mol. The van der Waals surface area contributed by atoms with Crippen LogP contribution in [0.4, 0.5) is 5.69 Å². The van der Waals surface area contributed by atoms with Gasteiger partial charge in [0.1, 0.15) is 11.5 Å². The highest BCUT2D eigenvalue weighted by atomic mass is 16.5. The zero-order chi connectivity index (χ0) is 24.5. The van der Waals surface area contributed by atoms with Crippen LogP contribution in [0.15, 0.2) is 96.1 Å². The Kier molecular flexibility index (Phi) is 7.70. The SMILES string of the molecule is Cc1ccccc1NC(=O)COc1ccc(/C=N/NC(=O)COc2cccc3ccccc23)cc1. The number of hydrazone groups is 1. The van der Waals surface area contributed by atoms with Gasteiger partial charge in [-0.1, -0.05) is 54.6 Å². The predicted octanol–water partition coefficient (Wildman–Crippen LogP) is 4.69. The van der Waals surface area contributed by atoms with E-state index in [4.69, 9.17) is 9.47 Å². The summed E-state index contributed by atoms with van der Waals surface area (Å²) in [5.41, 5.74) is 4.96. The molecule has 4 rings (SSSR count). The lowest BCUT2D eigenvalue weighted by molar-refractivity contribution is -0.123. The maximum absolute atomic E-state index is 12.1. The van der Waals surface area contributed by atoms with Crippen molar-refractivity contribution in [2.75, 3.05) is 18.5 Å². The van der Waals surface area contributed by atoms with Gasteiger partial charge < -0.3 is 14.8 Å². The van der Waals surface area contributed by atoms with Gasteiger partial charge in [0.05, 0.1) is 6.21 Å². The van der Waals surface area contributed by atoms with Crippen LogP contribution >= 0.6 is 0 Å². The number of rotatable bonds is 9. The Labute approximate surface area is 203 Å². The van der Waals surface area contributed by atoms with Crippen molar-refractivity contribution in [1.29, 1.82) is 0 Å². The van der Waals surface area contributed by atoms with Crippen molar-refractivity contribution in [3.63, 3.8) is 0 Å². The van der Waals surface area contributed by atoms with Crippen LogP contribution in [0.2, 0.25) is 0 Å². The molecular weight excluding hydrogens is 442 g/mol. The van der Waals surface area contributed by atoms with Gasteiger partial charge >= 0.3 is 0 Å². The maximum Gasteiger partial charge on any atom is 0.277 e. The number of nitrogens with zero attached hydrogens (tertiary/aromatic N) is 1. The fourth-order valence-electron chi connectivity index (χ4n) is 3.37. The van der Waals surface area contributed by atoms with Gasteiger partial charge in [0.2, 0.25) is 0 Å². The quantitative estimate of drug-likeness (QED) is 0.276. The Morgan fingerprint density at radius 1 is 0.800 bits per heavy atom. The van der Waals surface area contributed by atoms with Crippen molar-refractivity contribution in [2.24, 2.45) is 5.10 Å². The Balaban J connectivity index is 1.21. The fraction of sp³-hybridized carbons (Fsp3) is 0.107. The van der Waals surface area contributed by atoms with E-state index in [1.165, 1.54) is 6.21 Å². The monoisotopic (exact) mass is 467 g/mol. The molecule has 0 unspecified atom stereocenters. The van der Waals surface area contributed by atoms with Crippen molar-refractivity contribution >= 4 is 34.5 Å². The minimum atomic E-state index is -0.367. The van der Waals surface area contributed by atoms with E-state index in [1.54, 1.807) is 24.3 Å². The second-order valence-electron chi connectivity index (χ2n) is 7.78. The first-order valence-electron chi connectivity index (χ1n) is 11.1. The molecule has 4 aromatic rings. The number of hydrogen-bond acceptors (Lipinski definition) is 5. The number of benzene rings is 4. The summed E-state index contributed by atoms with van der Waals surface area (Å²) in [5, 5.41) is 8.78. The number of carbonyl (C=O) groups excluding carboxylic acids is 2. The zero-order valence-electron chi connectivity index (χ0n) is 19.2. The summed E-state index contributed by atoms with van der Waals surface area (Å²) in [4.78, 5) is 24.2. The van der Waals surface area contributed by atoms with E-state index in [1.807, 2.05) is 73.7 Å². The molecule has 0 spiro atoms. The van der Waals surface area contributed by atoms with E-state index >= 15 is 0 Å². The number of anilines is 1. The number of amides is 2. The minimum Gasteiger partial charge on any atom is -0.484 e. The summed E-state index contributed by atoms with van der Waals surface area (Å²) < 4.78 is 11.2. The highest BCUT2D eigenvalue weighted by Crippen LogP contribution is 2.25. The Bertz CT molecular complexity index is 1340. The molecule has 4 aromatic carbocycles. The molecule has 176 valence electrons. The third-order valence-electron chi connectivity index (χ3n) is 5.18. The standard InChI is InChI=1S/C28H25N3O4/c1-20-7-2-5-11-25(20)30-27(32)18-34-23-15-13-21(14-16-23)17-29-31-28(33)19-35-26-12-6-9-22-8-3-4-10-24(22)26/h2-17H,18-19H2,1H3,(H,30,32)(H,31,33)/b29-17+. The van der Waals surface area contributed by atoms with Crippen molar-refractivity contribution in [3.8, 4) is 11.5 Å². The number of ether oxygens (including phenoxy) is 2. The molecule has 7 nitrogen and oxygen atoms in total. The largest absolute Gasteiger partial charge is 0.484 e. The van der Waals surface area contributed by atoms with Gasteiger partial charge in [-0.15, -0.1) is 0 Å². The van der Waals surface area contributed by atoms with E-state index in [9.17, 15) is 9.59 Å².